The minimum Gasteiger partial charge on any atom is -0.431 e. The van der Waals surface area contributed by atoms with Gasteiger partial charge in [0.25, 0.3) is 10.9 Å². The molecule has 2 aromatic carbocycles. The first-order valence-electron chi connectivity index (χ1n) is 7.16. The molecular formula is C16H12ClN3O4S. The Morgan fingerprint density at radius 2 is 2.16 bits per heavy atom. The first kappa shape index (κ1) is 17.2. The lowest BCUT2D eigenvalue weighted by atomic mass is 10.2. The molecule has 0 aliphatic heterocycles. The predicted octanol–water partition coefficient (Wildman–Crippen LogP) is 4.43. The van der Waals surface area contributed by atoms with Gasteiger partial charge in [0.2, 0.25) is 5.91 Å². The zero-order valence-electron chi connectivity index (χ0n) is 13.0. The molecule has 0 bridgehead atoms. The van der Waals surface area contributed by atoms with Gasteiger partial charge < -0.3 is 9.73 Å². The van der Waals surface area contributed by atoms with E-state index in [0.717, 1.165) is 11.8 Å². The number of rotatable bonds is 5. The number of carbonyl (C=O) groups excluding carboxylic acids is 1. The topological polar surface area (TPSA) is 98.3 Å². The van der Waals surface area contributed by atoms with Gasteiger partial charge in [0, 0.05) is 22.3 Å². The number of oxazole rings is 1. The van der Waals surface area contributed by atoms with Crippen molar-refractivity contribution in [3.8, 4) is 0 Å². The van der Waals surface area contributed by atoms with Crippen LogP contribution in [0.25, 0.3) is 11.1 Å². The standard InChI is InChI=1S/C16H12ClN3O4S/c1-9-2-4-11(7-13(9)20(22)23)18-15(21)8-25-16-19-12-6-10(17)3-5-14(12)24-16/h2-7H,8H2,1H3,(H,18,21). The molecule has 0 fully saturated rings. The number of nitrogens with one attached hydrogen (secondary N) is 1. The zero-order valence-corrected chi connectivity index (χ0v) is 14.6. The number of anilines is 1. The number of hydrogen-bond donors (Lipinski definition) is 1. The lowest BCUT2D eigenvalue weighted by Gasteiger charge is -2.05. The minimum atomic E-state index is -0.483. The van der Waals surface area contributed by atoms with Crippen LogP contribution in [0.4, 0.5) is 11.4 Å². The molecule has 0 saturated carbocycles. The minimum absolute atomic E-state index is 0.0405. The van der Waals surface area contributed by atoms with Gasteiger partial charge in [-0.1, -0.05) is 29.4 Å². The van der Waals surface area contributed by atoms with Crippen molar-refractivity contribution in [1.82, 2.24) is 4.98 Å². The highest BCUT2D eigenvalue weighted by molar-refractivity contribution is 7.99. The summed E-state index contributed by atoms with van der Waals surface area (Å²) in [5.74, 6) is -0.258. The highest BCUT2D eigenvalue weighted by atomic mass is 35.5. The van der Waals surface area contributed by atoms with Crippen molar-refractivity contribution >= 4 is 51.7 Å². The van der Waals surface area contributed by atoms with Crippen molar-refractivity contribution in [3.63, 3.8) is 0 Å². The van der Waals surface area contributed by atoms with Gasteiger partial charge in [-0.05, 0) is 31.2 Å². The Balaban J connectivity index is 1.64. The molecule has 7 nitrogen and oxygen atoms in total. The number of nitrogens with zero attached hydrogens (tertiary/aromatic N) is 2. The summed E-state index contributed by atoms with van der Waals surface area (Å²) in [5.41, 5.74) is 2.06. The van der Waals surface area contributed by atoms with Crippen molar-refractivity contribution < 1.29 is 14.1 Å². The van der Waals surface area contributed by atoms with E-state index < -0.39 is 4.92 Å². The fraction of sp³-hybridized carbons (Fsp3) is 0.125. The molecule has 9 heteroatoms. The van der Waals surface area contributed by atoms with Crippen LogP contribution < -0.4 is 5.32 Å². The largest absolute Gasteiger partial charge is 0.431 e. The van der Waals surface area contributed by atoms with Crippen LogP contribution in [0.5, 0.6) is 0 Å². The van der Waals surface area contributed by atoms with E-state index >= 15 is 0 Å². The van der Waals surface area contributed by atoms with Crippen molar-refractivity contribution in [1.29, 1.82) is 0 Å². The maximum absolute atomic E-state index is 12.0. The van der Waals surface area contributed by atoms with Crippen LogP contribution in [0.2, 0.25) is 5.02 Å². The summed E-state index contributed by atoms with van der Waals surface area (Å²) in [5, 5.41) is 14.5. The van der Waals surface area contributed by atoms with E-state index in [2.05, 4.69) is 10.3 Å². The average molecular weight is 378 g/mol. The van der Waals surface area contributed by atoms with Crippen molar-refractivity contribution in [2.24, 2.45) is 0 Å². The van der Waals surface area contributed by atoms with E-state index in [1.807, 2.05) is 0 Å². The average Bonchev–Trinajstić information content (AvgIpc) is 2.96. The van der Waals surface area contributed by atoms with E-state index in [4.69, 9.17) is 16.0 Å². The van der Waals surface area contributed by atoms with Crippen molar-refractivity contribution in [2.45, 2.75) is 12.1 Å². The maximum atomic E-state index is 12.0. The second-order valence-corrected chi connectivity index (χ2v) is 6.55. The number of aryl methyl sites for hydroxylation is 1. The number of amides is 1. The van der Waals surface area contributed by atoms with Crippen LogP contribution >= 0.6 is 23.4 Å². The molecule has 1 N–H and O–H groups in total. The number of fused-ring (bicyclic) bond motifs is 1. The Bertz CT molecular complexity index is 973. The number of thioether (sulfide) groups is 1. The fourth-order valence-electron chi connectivity index (χ4n) is 2.15. The molecule has 3 aromatic rings. The smallest absolute Gasteiger partial charge is 0.274 e. The van der Waals surface area contributed by atoms with E-state index in [-0.39, 0.29) is 17.3 Å². The Labute approximate surface area is 151 Å². The Kier molecular flexibility index (Phi) is 4.91. The van der Waals surface area contributed by atoms with Crippen LogP contribution in [0.15, 0.2) is 46.0 Å². The van der Waals surface area contributed by atoms with Crippen molar-refractivity contribution in [2.75, 3.05) is 11.1 Å². The van der Waals surface area contributed by atoms with Crippen LogP contribution in [-0.2, 0) is 4.79 Å². The first-order valence-corrected chi connectivity index (χ1v) is 8.52. The molecule has 0 spiro atoms. The van der Waals surface area contributed by atoms with Crippen molar-refractivity contribution in [3.05, 3.63) is 57.1 Å². The van der Waals surface area contributed by atoms with Gasteiger partial charge in [0.15, 0.2) is 5.58 Å². The number of carbonyl (C=O) groups is 1. The number of aromatic nitrogens is 1. The molecule has 0 aliphatic carbocycles. The third-order valence-electron chi connectivity index (χ3n) is 3.35. The van der Waals surface area contributed by atoms with E-state index in [0.29, 0.717) is 32.6 Å². The number of halogens is 1. The summed E-state index contributed by atoms with van der Waals surface area (Å²) in [7, 11) is 0. The van der Waals surface area contributed by atoms with Gasteiger partial charge in [0.05, 0.1) is 10.7 Å². The van der Waals surface area contributed by atoms with E-state index in [1.165, 1.54) is 6.07 Å². The maximum Gasteiger partial charge on any atom is 0.274 e. The summed E-state index contributed by atoms with van der Waals surface area (Å²) >= 11 is 7.02. The van der Waals surface area contributed by atoms with Crippen LogP contribution in [0.3, 0.4) is 0 Å². The lowest BCUT2D eigenvalue weighted by molar-refractivity contribution is -0.385. The van der Waals surface area contributed by atoms with Crippen LogP contribution in [0, 0.1) is 17.0 Å². The number of nitro benzene ring substituents is 1. The normalized spacial score (nSPS) is 10.8. The monoisotopic (exact) mass is 377 g/mol. The third-order valence-corrected chi connectivity index (χ3v) is 4.41. The molecule has 0 aliphatic rings. The highest BCUT2D eigenvalue weighted by Crippen LogP contribution is 2.26. The lowest BCUT2D eigenvalue weighted by Crippen LogP contribution is -2.14. The molecular weight excluding hydrogens is 366 g/mol. The van der Waals surface area contributed by atoms with Gasteiger partial charge in [-0.25, -0.2) is 4.98 Å². The van der Waals surface area contributed by atoms with E-state index in [1.54, 1.807) is 37.3 Å². The zero-order chi connectivity index (χ0) is 18.0. The predicted molar refractivity (Wildman–Crippen MR) is 96.2 cm³/mol. The molecule has 0 unspecified atom stereocenters. The molecule has 128 valence electrons. The summed E-state index contributed by atoms with van der Waals surface area (Å²) < 4.78 is 5.51. The van der Waals surface area contributed by atoms with Crippen LogP contribution in [-0.4, -0.2) is 21.6 Å². The molecule has 3 rings (SSSR count). The molecule has 25 heavy (non-hydrogen) atoms. The molecule has 0 radical (unpaired) electrons. The third kappa shape index (κ3) is 4.09. The van der Waals surface area contributed by atoms with Gasteiger partial charge in [0.1, 0.15) is 5.52 Å². The Morgan fingerprint density at radius 1 is 1.36 bits per heavy atom. The van der Waals surface area contributed by atoms with Gasteiger partial charge >= 0.3 is 0 Å². The molecule has 1 amide bonds. The summed E-state index contributed by atoms with van der Waals surface area (Å²) in [6, 6.07) is 9.62. The summed E-state index contributed by atoms with van der Waals surface area (Å²) in [4.78, 5) is 26.7. The number of benzene rings is 2. The summed E-state index contributed by atoms with van der Waals surface area (Å²) in [6.07, 6.45) is 0. The van der Waals surface area contributed by atoms with Gasteiger partial charge in [-0.15, -0.1) is 0 Å². The van der Waals surface area contributed by atoms with Gasteiger partial charge in [-0.3, -0.25) is 14.9 Å². The first-order chi connectivity index (χ1) is 11.9. The number of nitro groups is 1. The highest BCUT2D eigenvalue weighted by Gasteiger charge is 2.14. The summed E-state index contributed by atoms with van der Waals surface area (Å²) in [6.45, 7) is 1.64. The van der Waals surface area contributed by atoms with E-state index in [9.17, 15) is 14.9 Å². The molecule has 0 saturated heterocycles. The van der Waals surface area contributed by atoms with Crippen LogP contribution in [0.1, 0.15) is 5.56 Å². The molecule has 1 aromatic heterocycles. The fourth-order valence-corrected chi connectivity index (χ4v) is 2.95. The second kappa shape index (κ2) is 7.12. The SMILES string of the molecule is Cc1ccc(NC(=O)CSc2nc3cc(Cl)ccc3o2)cc1[N+](=O)[O-]. The quantitative estimate of drug-likeness (QED) is 0.401. The second-order valence-electron chi connectivity index (χ2n) is 5.19. The number of hydrogen-bond acceptors (Lipinski definition) is 6. The van der Waals surface area contributed by atoms with Gasteiger partial charge in [-0.2, -0.15) is 0 Å². The Hall–Kier alpha value is -2.58. The Morgan fingerprint density at radius 3 is 2.92 bits per heavy atom. The molecule has 1 heterocycles. The molecule has 0 atom stereocenters.